The first-order valence-corrected chi connectivity index (χ1v) is 15.5. The number of nitrogens with zero attached hydrogens (tertiary/aromatic N) is 2. The van der Waals surface area contributed by atoms with Gasteiger partial charge in [-0.25, -0.2) is 13.8 Å². The molecule has 2 N–H and O–H groups in total. The van der Waals surface area contributed by atoms with Gasteiger partial charge >= 0.3 is 0 Å². The number of rotatable bonds is 11. The fourth-order valence-corrected chi connectivity index (χ4v) is 6.79. The number of methoxy groups -OCH3 is 1. The van der Waals surface area contributed by atoms with Crippen LogP contribution in [0.25, 0.3) is 5.57 Å². The first kappa shape index (κ1) is 29.8. The summed E-state index contributed by atoms with van der Waals surface area (Å²) in [7, 11) is 1.66. The Morgan fingerprint density at radius 1 is 1.14 bits per heavy atom. The number of hydrogen-bond acceptors (Lipinski definition) is 8. The lowest BCUT2D eigenvalue weighted by atomic mass is 9.86. The minimum absolute atomic E-state index is 0.0395. The zero-order valence-electron chi connectivity index (χ0n) is 23.9. The van der Waals surface area contributed by atoms with Gasteiger partial charge in [-0.2, -0.15) is 0 Å². The molecule has 1 saturated heterocycles. The summed E-state index contributed by atoms with van der Waals surface area (Å²) in [4.78, 5) is 21.7. The lowest BCUT2D eigenvalue weighted by molar-refractivity contribution is -0.128. The van der Waals surface area contributed by atoms with Crippen LogP contribution in [0.5, 0.6) is 16.7 Å². The minimum atomic E-state index is -0.761. The first-order valence-electron chi connectivity index (χ1n) is 14.3. The van der Waals surface area contributed by atoms with Gasteiger partial charge < -0.3 is 29.7 Å². The Balaban J connectivity index is 1.21. The van der Waals surface area contributed by atoms with E-state index in [0.29, 0.717) is 24.7 Å². The highest BCUT2D eigenvalue weighted by molar-refractivity contribution is 7.14. The van der Waals surface area contributed by atoms with Crippen molar-refractivity contribution in [2.24, 2.45) is 0 Å². The second kappa shape index (κ2) is 12.8. The van der Waals surface area contributed by atoms with Crippen LogP contribution in [0.3, 0.4) is 0 Å². The average molecular weight is 631 g/mol. The van der Waals surface area contributed by atoms with Crippen LogP contribution in [0.15, 0.2) is 42.1 Å². The van der Waals surface area contributed by atoms with Gasteiger partial charge in [0.1, 0.15) is 29.8 Å². The molecule has 3 aliphatic rings. The van der Waals surface area contributed by atoms with E-state index in [1.54, 1.807) is 13.3 Å². The Kier molecular flexibility index (Phi) is 8.85. The average Bonchev–Trinajstić information content (AvgIpc) is 3.74. The summed E-state index contributed by atoms with van der Waals surface area (Å²) >= 11 is 7.19. The van der Waals surface area contributed by atoms with E-state index in [9.17, 15) is 13.6 Å². The van der Waals surface area contributed by atoms with Gasteiger partial charge in [-0.15, -0.1) is 0 Å². The number of carbonyl (C=O) groups excluding carboxylic acids is 1. The van der Waals surface area contributed by atoms with Crippen molar-refractivity contribution in [3.05, 3.63) is 74.8 Å². The second-order valence-corrected chi connectivity index (χ2v) is 12.3. The third kappa shape index (κ3) is 6.35. The van der Waals surface area contributed by atoms with Gasteiger partial charge in [-0.05, 0) is 61.1 Å². The maximum Gasteiger partial charge on any atom is 0.273 e. The van der Waals surface area contributed by atoms with Crippen LogP contribution in [-0.2, 0) is 11.3 Å². The number of benzene rings is 2. The number of fused-ring (bicyclic) bond motifs is 2. The van der Waals surface area contributed by atoms with Crippen LogP contribution < -0.4 is 24.8 Å². The molecule has 228 valence electrons. The van der Waals surface area contributed by atoms with Gasteiger partial charge in [0.05, 0.1) is 18.0 Å². The van der Waals surface area contributed by atoms with Gasteiger partial charge in [-0.3, -0.25) is 4.79 Å². The van der Waals surface area contributed by atoms with Crippen molar-refractivity contribution in [2.75, 3.05) is 33.4 Å². The van der Waals surface area contributed by atoms with E-state index < -0.39 is 16.7 Å². The highest BCUT2D eigenvalue weighted by Gasteiger charge is 2.41. The van der Waals surface area contributed by atoms with Crippen LogP contribution in [0.4, 0.5) is 8.78 Å². The van der Waals surface area contributed by atoms with E-state index in [1.165, 1.54) is 11.3 Å². The fraction of sp³-hybridized carbons (Fsp3) is 0.419. The van der Waals surface area contributed by atoms with Crippen molar-refractivity contribution < 1.29 is 27.8 Å². The smallest absolute Gasteiger partial charge is 0.273 e. The number of aromatic nitrogens is 1. The third-order valence-electron chi connectivity index (χ3n) is 8.08. The molecule has 1 amide bonds. The molecule has 2 bridgehead atoms. The molecule has 1 aliphatic carbocycles. The number of thiazole rings is 1. The Morgan fingerprint density at radius 2 is 1.93 bits per heavy atom. The molecule has 0 spiro atoms. The molecule has 12 heteroatoms. The molecule has 2 aromatic carbocycles. The van der Waals surface area contributed by atoms with Gasteiger partial charge in [0.2, 0.25) is 0 Å². The monoisotopic (exact) mass is 630 g/mol. The van der Waals surface area contributed by atoms with Crippen LogP contribution in [0.1, 0.15) is 35.3 Å². The predicted octanol–water partition coefficient (Wildman–Crippen LogP) is 5.13. The molecular formula is C31H33ClF2N4O4S. The molecule has 1 saturated carbocycles. The summed E-state index contributed by atoms with van der Waals surface area (Å²) in [6, 6.07) is 8.15. The van der Waals surface area contributed by atoms with Crippen molar-refractivity contribution in [2.45, 2.75) is 50.9 Å². The highest BCUT2D eigenvalue weighted by atomic mass is 35.5. The minimum Gasteiger partial charge on any atom is -0.496 e. The summed E-state index contributed by atoms with van der Waals surface area (Å²) in [6.45, 7) is 4.02. The predicted molar refractivity (Wildman–Crippen MR) is 161 cm³/mol. The molecule has 3 aromatic rings. The Bertz CT molecular complexity index is 1550. The number of carbonyl (C=O) groups is 1. The molecule has 0 radical (unpaired) electrons. The summed E-state index contributed by atoms with van der Waals surface area (Å²) in [5, 5.41) is 7.11. The number of amides is 1. The summed E-state index contributed by atoms with van der Waals surface area (Å²) in [5.41, 5.74) is 3.87. The van der Waals surface area contributed by atoms with Gasteiger partial charge in [-0.1, -0.05) is 35.1 Å². The standard InChI is InChI=1S/C31H33ClF2N4O4S/c1-17-18(4-3-5-25(17)40-2)16-38(20-6-7-20)30(39)27-21(12-19-13-35-14-24(27)37-19)26-15-36-31(43-26)42-11-10-41-29-23(34)9-8-22(33)28(29)32/h3-5,8-9,15,19-20,24,35,37H,6-7,10-14,16H2,1-2H3. The molecule has 2 atom stereocenters. The lowest BCUT2D eigenvalue weighted by Crippen LogP contribution is -2.59. The van der Waals surface area contributed by atoms with Gasteiger partial charge in [0, 0.05) is 43.5 Å². The molecule has 2 unspecified atom stereocenters. The van der Waals surface area contributed by atoms with Gasteiger partial charge in [0.15, 0.2) is 11.6 Å². The van der Waals surface area contributed by atoms with Crippen molar-refractivity contribution >= 4 is 34.4 Å². The quantitative estimate of drug-likeness (QED) is 0.225. The van der Waals surface area contributed by atoms with E-state index in [-0.39, 0.29) is 43.0 Å². The van der Waals surface area contributed by atoms with E-state index >= 15 is 0 Å². The van der Waals surface area contributed by atoms with Gasteiger partial charge in [0.25, 0.3) is 11.1 Å². The first-order chi connectivity index (χ1) is 20.8. The van der Waals surface area contributed by atoms with E-state index in [1.807, 2.05) is 24.0 Å². The second-order valence-electron chi connectivity index (χ2n) is 10.9. The number of hydrogen-bond donors (Lipinski definition) is 2. The molecule has 3 heterocycles. The van der Waals surface area contributed by atoms with Crippen molar-refractivity contribution in [3.63, 3.8) is 0 Å². The molecule has 2 fully saturated rings. The third-order valence-corrected chi connectivity index (χ3v) is 9.40. The van der Waals surface area contributed by atoms with Crippen molar-refractivity contribution in [3.8, 4) is 16.7 Å². The Morgan fingerprint density at radius 3 is 2.72 bits per heavy atom. The molecule has 2 aliphatic heterocycles. The molecule has 6 rings (SSSR count). The zero-order chi connectivity index (χ0) is 30.1. The summed E-state index contributed by atoms with van der Waals surface area (Å²) in [5.74, 6) is -1.01. The summed E-state index contributed by atoms with van der Waals surface area (Å²) < 4.78 is 44.3. The molecular weight excluding hydrogens is 598 g/mol. The number of halogens is 3. The Hall–Kier alpha value is -3.25. The fourth-order valence-electron chi connectivity index (χ4n) is 5.72. The zero-order valence-corrected chi connectivity index (χ0v) is 25.5. The number of nitrogens with one attached hydrogen (secondary N) is 2. The van der Waals surface area contributed by atoms with Crippen LogP contribution in [0.2, 0.25) is 5.02 Å². The van der Waals surface area contributed by atoms with Crippen molar-refractivity contribution in [1.29, 1.82) is 0 Å². The van der Waals surface area contributed by atoms with E-state index in [2.05, 4.69) is 21.7 Å². The molecule has 43 heavy (non-hydrogen) atoms. The maximum atomic E-state index is 14.4. The van der Waals surface area contributed by atoms with E-state index in [0.717, 1.165) is 64.4 Å². The van der Waals surface area contributed by atoms with Crippen LogP contribution in [-0.4, -0.2) is 67.3 Å². The number of ether oxygens (including phenoxy) is 3. The molecule has 8 nitrogen and oxygen atoms in total. The topological polar surface area (TPSA) is 85.0 Å². The summed E-state index contributed by atoms with van der Waals surface area (Å²) in [6.07, 6.45) is 4.40. The highest BCUT2D eigenvalue weighted by Crippen LogP contribution is 2.39. The van der Waals surface area contributed by atoms with Crippen LogP contribution >= 0.6 is 22.9 Å². The van der Waals surface area contributed by atoms with Crippen LogP contribution in [0, 0.1) is 18.6 Å². The van der Waals surface area contributed by atoms with Crippen molar-refractivity contribution in [1.82, 2.24) is 20.5 Å². The lowest BCUT2D eigenvalue weighted by Gasteiger charge is -2.40. The molecule has 1 aromatic heterocycles. The largest absolute Gasteiger partial charge is 0.496 e. The normalized spacial score (nSPS) is 19.7. The maximum absolute atomic E-state index is 14.4. The Labute approximate surface area is 258 Å². The SMILES string of the molecule is COc1cccc(CN(C(=O)C2=C(c3cnc(OCCOc4c(F)ccc(F)c4Cl)s3)CC3CNCC2N3)C2CC2)c1C. The number of piperazine rings is 1. The van der Waals surface area contributed by atoms with E-state index in [4.69, 9.17) is 25.8 Å².